The quantitative estimate of drug-likeness (QED) is 0.706. The van der Waals surface area contributed by atoms with Crippen molar-refractivity contribution < 1.29 is 4.74 Å². The zero-order valence-corrected chi connectivity index (χ0v) is 13.6. The summed E-state index contributed by atoms with van der Waals surface area (Å²) in [6.45, 7) is 5.00. The summed E-state index contributed by atoms with van der Waals surface area (Å²) in [6.07, 6.45) is 2.76. The second kappa shape index (κ2) is 7.14. The predicted octanol–water partition coefficient (Wildman–Crippen LogP) is 4.85. The van der Waals surface area contributed by atoms with Crippen LogP contribution in [0.2, 0.25) is 0 Å². The molecule has 1 aromatic heterocycles. The highest BCUT2D eigenvalue weighted by molar-refractivity contribution is 5.63. The van der Waals surface area contributed by atoms with Crippen LogP contribution < -0.4 is 4.74 Å². The number of aromatic nitrogens is 2. The second-order valence-corrected chi connectivity index (χ2v) is 6.13. The maximum Gasteiger partial charge on any atom is 0.120 e. The number of nitrogens with zero attached hydrogens (tertiary/aromatic N) is 1. The Hall–Kier alpha value is -2.55. The van der Waals surface area contributed by atoms with Crippen molar-refractivity contribution in [2.75, 3.05) is 0 Å². The molecule has 3 nitrogen and oxygen atoms in total. The summed E-state index contributed by atoms with van der Waals surface area (Å²) < 4.78 is 5.91. The van der Waals surface area contributed by atoms with E-state index >= 15 is 0 Å². The molecule has 23 heavy (non-hydrogen) atoms. The lowest BCUT2D eigenvalue weighted by molar-refractivity contribution is 0.306. The molecular weight excluding hydrogens is 284 g/mol. The Bertz CT molecular complexity index is 747. The first-order chi connectivity index (χ1) is 11.2. The molecule has 0 unspecified atom stereocenters. The molecule has 0 atom stereocenters. The van der Waals surface area contributed by atoms with E-state index in [0.717, 1.165) is 29.0 Å². The van der Waals surface area contributed by atoms with Gasteiger partial charge in [-0.05, 0) is 30.0 Å². The normalized spacial score (nSPS) is 10.9. The summed E-state index contributed by atoms with van der Waals surface area (Å²) in [7, 11) is 0. The molecule has 0 radical (unpaired) electrons. The van der Waals surface area contributed by atoms with E-state index in [0.29, 0.717) is 12.5 Å². The number of hydrogen-bond acceptors (Lipinski definition) is 2. The summed E-state index contributed by atoms with van der Waals surface area (Å²) in [5.41, 5.74) is 4.45. The SMILES string of the molecule is CC(C)Cc1[nH]cnc1-c1cccc(OCc2ccccc2)c1. The molecule has 0 bridgehead atoms. The summed E-state index contributed by atoms with van der Waals surface area (Å²) in [5.74, 6) is 1.46. The number of ether oxygens (including phenoxy) is 1. The topological polar surface area (TPSA) is 37.9 Å². The molecule has 0 spiro atoms. The van der Waals surface area contributed by atoms with Crippen molar-refractivity contribution >= 4 is 0 Å². The van der Waals surface area contributed by atoms with Crippen molar-refractivity contribution in [3.05, 3.63) is 72.2 Å². The highest BCUT2D eigenvalue weighted by Gasteiger charge is 2.10. The van der Waals surface area contributed by atoms with E-state index in [1.807, 2.05) is 30.3 Å². The van der Waals surface area contributed by atoms with Crippen LogP contribution >= 0.6 is 0 Å². The first kappa shape index (κ1) is 15.3. The minimum atomic E-state index is 0.573. The van der Waals surface area contributed by atoms with E-state index in [2.05, 4.69) is 48.1 Å². The monoisotopic (exact) mass is 306 g/mol. The minimum absolute atomic E-state index is 0.573. The van der Waals surface area contributed by atoms with Gasteiger partial charge in [0.2, 0.25) is 0 Å². The summed E-state index contributed by atoms with van der Waals surface area (Å²) in [4.78, 5) is 7.75. The molecule has 3 aromatic rings. The van der Waals surface area contributed by atoms with Crippen LogP contribution in [0.1, 0.15) is 25.1 Å². The number of benzene rings is 2. The molecule has 0 aliphatic heterocycles. The van der Waals surface area contributed by atoms with Gasteiger partial charge in [-0.1, -0.05) is 56.3 Å². The van der Waals surface area contributed by atoms with Crippen LogP contribution in [-0.2, 0) is 13.0 Å². The Balaban J connectivity index is 1.76. The fraction of sp³-hybridized carbons (Fsp3) is 0.250. The molecule has 0 fully saturated rings. The lowest BCUT2D eigenvalue weighted by atomic mass is 10.0. The average molecular weight is 306 g/mol. The van der Waals surface area contributed by atoms with Gasteiger partial charge in [-0.25, -0.2) is 4.98 Å². The Morgan fingerprint density at radius 1 is 1.04 bits per heavy atom. The van der Waals surface area contributed by atoms with E-state index in [1.165, 1.54) is 5.69 Å². The Morgan fingerprint density at radius 3 is 2.65 bits per heavy atom. The third-order valence-electron chi connectivity index (χ3n) is 3.69. The van der Waals surface area contributed by atoms with E-state index in [9.17, 15) is 0 Å². The minimum Gasteiger partial charge on any atom is -0.489 e. The molecule has 2 aromatic carbocycles. The van der Waals surface area contributed by atoms with Crippen molar-refractivity contribution in [1.29, 1.82) is 0 Å². The third kappa shape index (κ3) is 4.01. The van der Waals surface area contributed by atoms with Crippen molar-refractivity contribution in [3.8, 4) is 17.0 Å². The molecule has 3 heteroatoms. The highest BCUT2D eigenvalue weighted by atomic mass is 16.5. The van der Waals surface area contributed by atoms with Crippen LogP contribution in [-0.4, -0.2) is 9.97 Å². The first-order valence-corrected chi connectivity index (χ1v) is 8.02. The molecule has 1 N–H and O–H groups in total. The molecule has 1 heterocycles. The number of hydrogen-bond donors (Lipinski definition) is 1. The highest BCUT2D eigenvalue weighted by Crippen LogP contribution is 2.26. The summed E-state index contributed by atoms with van der Waals surface area (Å²) in [5, 5.41) is 0. The zero-order chi connectivity index (χ0) is 16.1. The zero-order valence-electron chi connectivity index (χ0n) is 13.6. The summed E-state index contributed by atoms with van der Waals surface area (Å²) in [6, 6.07) is 18.3. The molecule has 0 saturated heterocycles. The van der Waals surface area contributed by atoms with Gasteiger partial charge in [-0.15, -0.1) is 0 Å². The van der Waals surface area contributed by atoms with Gasteiger partial charge in [0.1, 0.15) is 12.4 Å². The first-order valence-electron chi connectivity index (χ1n) is 8.02. The van der Waals surface area contributed by atoms with Gasteiger partial charge in [-0.2, -0.15) is 0 Å². The Kier molecular flexibility index (Phi) is 4.77. The average Bonchev–Trinajstić information content (AvgIpc) is 3.01. The number of aromatic amines is 1. The van der Waals surface area contributed by atoms with E-state index in [1.54, 1.807) is 6.33 Å². The van der Waals surface area contributed by atoms with Crippen LogP contribution in [0.4, 0.5) is 0 Å². The lowest BCUT2D eigenvalue weighted by Crippen LogP contribution is -1.97. The fourth-order valence-corrected chi connectivity index (χ4v) is 2.61. The smallest absolute Gasteiger partial charge is 0.120 e. The van der Waals surface area contributed by atoms with Crippen LogP contribution in [0.25, 0.3) is 11.3 Å². The van der Waals surface area contributed by atoms with Crippen molar-refractivity contribution in [2.24, 2.45) is 5.92 Å². The molecule has 0 aliphatic carbocycles. The van der Waals surface area contributed by atoms with Crippen molar-refractivity contribution in [1.82, 2.24) is 9.97 Å². The molecule has 0 saturated carbocycles. The van der Waals surface area contributed by atoms with Gasteiger partial charge >= 0.3 is 0 Å². The Morgan fingerprint density at radius 2 is 1.87 bits per heavy atom. The third-order valence-corrected chi connectivity index (χ3v) is 3.69. The van der Waals surface area contributed by atoms with Crippen molar-refractivity contribution in [2.45, 2.75) is 26.9 Å². The van der Waals surface area contributed by atoms with E-state index in [-0.39, 0.29) is 0 Å². The lowest BCUT2D eigenvalue weighted by Gasteiger charge is -2.09. The van der Waals surface area contributed by atoms with Gasteiger partial charge in [-0.3, -0.25) is 0 Å². The Labute approximate surface area is 137 Å². The molecule has 0 amide bonds. The van der Waals surface area contributed by atoms with Crippen LogP contribution in [0.15, 0.2) is 60.9 Å². The van der Waals surface area contributed by atoms with Crippen molar-refractivity contribution in [3.63, 3.8) is 0 Å². The predicted molar refractivity (Wildman–Crippen MR) is 93.3 cm³/mol. The fourth-order valence-electron chi connectivity index (χ4n) is 2.61. The van der Waals surface area contributed by atoms with Gasteiger partial charge < -0.3 is 9.72 Å². The molecular formula is C20H22N2O. The number of rotatable bonds is 6. The maximum absolute atomic E-state index is 5.91. The van der Waals surface area contributed by atoms with Crippen LogP contribution in [0.5, 0.6) is 5.75 Å². The number of imidazole rings is 1. The molecule has 3 rings (SSSR count). The largest absolute Gasteiger partial charge is 0.489 e. The molecule has 0 aliphatic rings. The van der Waals surface area contributed by atoms with Gasteiger partial charge in [0.05, 0.1) is 12.0 Å². The number of H-pyrrole nitrogens is 1. The number of nitrogens with one attached hydrogen (secondary N) is 1. The summed E-state index contributed by atoms with van der Waals surface area (Å²) >= 11 is 0. The van der Waals surface area contributed by atoms with Crippen LogP contribution in [0, 0.1) is 5.92 Å². The van der Waals surface area contributed by atoms with Gasteiger partial charge in [0.25, 0.3) is 0 Å². The van der Waals surface area contributed by atoms with Gasteiger partial charge in [0.15, 0.2) is 0 Å². The van der Waals surface area contributed by atoms with Gasteiger partial charge in [0, 0.05) is 11.3 Å². The standard InChI is InChI=1S/C20H22N2O/c1-15(2)11-19-20(22-14-21-19)17-9-6-10-18(12-17)23-13-16-7-4-3-5-8-16/h3-10,12,14-15H,11,13H2,1-2H3,(H,21,22). The second-order valence-electron chi connectivity index (χ2n) is 6.13. The molecule has 118 valence electrons. The maximum atomic E-state index is 5.91. The van der Waals surface area contributed by atoms with E-state index < -0.39 is 0 Å². The van der Waals surface area contributed by atoms with Crippen LogP contribution in [0.3, 0.4) is 0 Å². The van der Waals surface area contributed by atoms with E-state index in [4.69, 9.17) is 4.74 Å².